The van der Waals surface area contributed by atoms with Crippen molar-refractivity contribution in [2.75, 3.05) is 0 Å². The Bertz CT molecular complexity index is 100. The summed E-state index contributed by atoms with van der Waals surface area (Å²) in [5.74, 6) is 0.438. The van der Waals surface area contributed by atoms with Gasteiger partial charge < -0.3 is 5.32 Å². The highest BCUT2D eigenvalue weighted by Gasteiger charge is 2.30. The van der Waals surface area contributed by atoms with Crippen LogP contribution in [0.4, 0.5) is 0 Å². The van der Waals surface area contributed by atoms with Gasteiger partial charge in [-0.1, -0.05) is 6.92 Å². The average molecular weight is 99.1 g/mol. The minimum atomic E-state index is 0.188. The Morgan fingerprint density at radius 2 is 2.14 bits per heavy atom. The summed E-state index contributed by atoms with van der Waals surface area (Å²) in [6.45, 7) is 3.94. The van der Waals surface area contributed by atoms with Gasteiger partial charge in [-0.3, -0.25) is 4.79 Å². The van der Waals surface area contributed by atoms with Crippen LogP contribution in [-0.2, 0) is 4.79 Å². The van der Waals surface area contributed by atoms with Gasteiger partial charge in [0, 0.05) is 6.04 Å². The predicted octanol–water partition coefficient (Wildman–Crippen LogP) is 0.141. The van der Waals surface area contributed by atoms with E-state index in [9.17, 15) is 4.79 Å². The minimum absolute atomic E-state index is 0.188. The SMILES string of the molecule is C[C@@H]1NC(=O)[C@@H]1C. The molecule has 0 unspecified atom stereocenters. The number of rotatable bonds is 0. The van der Waals surface area contributed by atoms with Crippen LogP contribution in [0.25, 0.3) is 0 Å². The molecule has 40 valence electrons. The fourth-order valence-corrected chi connectivity index (χ4v) is 0.612. The Kier molecular flexibility index (Phi) is 0.805. The topological polar surface area (TPSA) is 29.1 Å². The first-order valence-corrected chi connectivity index (χ1v) is 2.52. The van der Waals surface area contributed by atoms with Gasteiger partial charge in [0.15, 0.2) is 0 Å². The number of β-lactam (4-membered cyclic amide) rings is 1. The molecular weight excluding hydrogens is 90.1 g/mol. The van der Waals surface area contributed by atoms with E-state index in [1.807, 2.05) is 13.8 Å². The third kappa shape index (κ3) is 0.501. The van der Waals surface area contributed by atoms with Gasteiger partial charge in [-0.2, -0.15) is 0 Å². The van der Waals surface area contributed by atoms with Crippen molar-refractivity contribution in [3.05, 3.63) is 0 Å². The molecule has 1 aliphatic rings. The standard InChI is InChI=1S/C5H9NO/c1-3-4(2)6-5(3)7/h3-4H,1-2H3,(H,6,7)/t3-,4+/m1/s1. The summed E-state index contributed by atoms with van der Waals surface area (Å²) >= 11 is 0. The van der Waals surface area contributed by atoms with Crippen molar-refractivity contribution in [3.63, 3.8) is 0 Å². The highest BCUT2D eigenvalue weighted by atomic mass is 16.2. The van der Waals surface area contributed by atoms with E-state index in [1.54, 1.807) is 0 Å². The first-order chi connectivity index (χ1) is 3.22. The molecule has 0 saturated carbocycles. The summed E-state index contributed by atoms with van der Waals surface area (Å²) in [6.07, 6.45) is 0. The number of carbonyl (C=O) groups is 1. The first-order valence-electron chi connectivity index (χ1n) is 2.52. The molecule has 2 atom stereocenters. The molecule has 2 nitrogen and oxygen atoms in total. The molecule has 1 fully saturated rings. The van der Waals surface area contributed by atoms with Crippen LogP contribution in [0.5, 0.6) is 0 Å². The Morgan fingerprint density at radius 3 is 2.14 bits per heavy atom. The molecule has 0 spiro atoms. The normalized spacial score (nSPS) is 39.4. The molecule has 1 saturated heterocycles. The van der Waals surface area contributed by atoms with Gasteiger partial charge in [-0.25, -0.2) is 0 Å². The molecule has 0 bridgehead atoms. The van der Waals surface area contributed by atoms with Crippen LogP contribution in [-0.4, -0.2) is 11.9 Å². The van der Waals surface area contributed by atoms with Gasteiger partial charge >= 0.3 is 0 Å². The largest absolute Gasteiger partial charge is 0.353 e. The first kappa shape index (κ1) is 4.62. The fraction of sp³-hybridized carbons (Fsp3) is 0.800. The number of hydrogen-bond acceptors (Lipinski definition) is 1. The molecule has 0 aromatic heterocycles. The Labute approximate surface area is 42.9 Å². The van der Waals surface area contributed by atoms with Gasteiger partial charge in [0.05, 0.1) is 5.92 Å². The average Bonchev–Trinajstić information content (AvgIpc) is 1.68. The lowest BCUT2D eigenvalue weighted by Gasteiger charge is -2.30. The second kappa shape index (κ2) is 1.22. The summed E-state index contributed by atoms with van der Waals surface area (Å²) in [5, 5.41) is 2.72. The molecule has 0 aromatic rings. The minimum Gasteiger partial charge on any atom is -0.353 e. The van der Waals surface area contributed by atoms with E-state index in [0.717, 1.165) is 0 Å². The Morgan fingerprint density at radius 1 is 1.57 bits per heavy atom. The lowest BCUT2D eigenvalue weighted by molar-refractivity contribution is -0.133. The van der Waals surface area contributed by atoms with E-state index < -0.39 is 0 Å². The van der Waals surface area contributed by atoms with Crippen molar-refractivity contribution in [1.82, 2.24) is 5.32 Å². The molecule has 7 heavy (non-hydrogen) atoms. The quantitative estimate of drug-likeness (QED) is 0.430. The molecule has 0 aromatic carbocycles. The summed E-state index contributed by atoms with van der Waals surface area (Å²) < 4.78 is 0. The maximum atomic E-state index is 10.3. The molecule has 1 aliphatic heterocycles. The zero-order chi connectivity index (χ0) is 5.44. The van der Waals surface area contributed by atoms with E-state index in [2.05, 4.69) is 5.32 Å². The summed E-state index contributed by atoms with van der Waals surface area (Å²) in [5.41, 5.74) is 0. The number of nitrogens with one attached hydrogen (secondary N) is 1. The van der Waals surface area contributed by atoms with Crippen LogP contribution in [0.3, 0.4) is 0 Å². The van der Waals surface area contributed by atoms with Gasteiger partial charge in [0.2, 0.25) is 5.91 Å². The zero-order valence-electron chi connectivity index (χ0n) is 4.56. The fourth-order valence-electron chi connectivity index (χ4n) is 0.612. The van der Waals surface area contributed by atoms with Gasteiger partial charge in [0.25, 0.3) is 0 Å². The molecule has 1 heterocycles. The third-order valence-corrected chi connectivity index (χ3v) is 1.53. The maximum Gasteiger partial charge on any atom is 0.225 e. The van der Waals surface area contributed by atoms with Crippen LogP contribution in [0.15, 0.2) is 0 Å². The van der Waals surface area contributed by atoms with Gasteiger partial charge in [0.1, 0.15) is 0 Å². The molecule has 1 amide bonds. The number of amides is 1. The van der Waals surface area contributed by atoms with Crippen LogP contribution < -0.4 is 5.32 Å². The second-order valence-electron chi connectivity index (χ2n) is 2.09. The summed E-state index contributed by atoms with van der Waals surface area (Å²) in [6, 6.07) is 0.410. The predicted molar refractivity (Wildman–Crippen MR) is 26.8 cm³/mol. The monoisotopic (exact) mass is 99.1 g/mol. The van der Waals surface area contributed by atoms with E-state index >= 15 is 0 Å². The van der Waals surface area contributed by atoms with Crippen LogP contribution in [0, 0.1) is 5.92 Å². The Balaban J connectivity index is 2.43. The lowest BCUT2D eigenvalue weighted by atomic mass is 9.95. The van der Waals surface area contributed by atoms with Crippen LogP contribution in [0.1, 0.15) is 13.8 Å². The molecule has 1 N–H and O–H groups in total. The second-order valence-corrected chi connectivity index (χ2v) is 2.09. The van der Waals surface area contributed by atoms with E-state index in [1.165, 1.54) is 0 Å². The van der Waals surface area contributed by atoms with E-state index in [4.69, 9.17) is 0 Å². The summed E-state index contributed by atoms with van der Waals surface area (Å²) in [4.78, 5) is 10.3. The number of carbonyl (C=O) groups excluding carboxylic acids is 1. The Hall–Kier alpha value is -0.530. The van der Waals surface area contributed by atoms with Gasteiger partial charge in [-0.05, 0) is 6.92 Å². The molecule has 0 aliphatic carbocycles. The molecule has 2 heteroatoms. The van der Waals surface area contributed by atoms with Gasteiger partial charge in [-0.15, -0.1) is 0 Å². The molecule has 1 rings (SSSR count). The van der Waals surface area contributed by atoms with Crippen molar-refractivity contribution in [2.24, 2.45) is 5.92 Å². The van der Waals surface area contributed by atoms with Crippen molar-refractivity contribution in [1.29, 1.82) is 0 Å². The van der Waals surface area contributed by atoms with Crippen molar-refractivity contribution >= 4 is 5.91 Å². The van der Waals surface area contributed by atoms with Crippen molar-refractivity contribution in [3.8, 4) is 0 Å². The lowest BCUT2D eigenvalue weighted by Crippen LogP contribution is -2.54. The van der Waals surface area contributed by atoms with Crippen molar-refractivity contribution in [2.45, 2.75) is 19.9 Å². The highest BCUT2D eigenvalue weighted by molar-refractivity contribution is 5.85. The number of hydrogen-bond donors (Lipinski definition) is 1. The maximum absolute atomic E-state index is 10.3. The zero-order valence-corrected chi connectivity index (χ0v) is 4.56. The third-order valence-electron chi connectivity index (χ3n) is 1.53. The van der Waals surface area contributed by atoms with Crippen LogP contribution >= 0.6 is 0 Å². The van der Waals surface area contributed by atoms with Crippen LogP contribution in [0.2, 0.25) is 0 Å². The molecule has 0 radical (unpaired) electrons. The van der Waals surface area contributed by atoms with Crippen molar-refractivity contribution < 1.29 is 4.79 Å². The molecular formula is C5H9NO. The van der Waals surface area contributed by atoms with E-state index in [0.29, 0.717) is 6.04 Å². The smallest absolute Gasteiger partial charge is 0.225 e. The summed E-state index contributed by atoms with van der Waals surface area (Å²) in [7, 11) is 0. The van der Waals surface area contributed by atoms with E-state index in [-0.39, 0.29) is 11.8 Å². The highest BCUT2D eigenvalue weighted by Crippen LogP contribution is 2.11.